The smallest absolute Gasteiger partial charge is 0.113 e. The molecule has 1 aromatic rings. The minimum atomic E-state index is 0.600. The molecule has 0 radical (unpaired) electrons. The number of hydrogen-bond donors (Lipinski definition) is 1. The summed E-state index contributed by atoms with van der Waals surface area (Å²) in [5.74, 6) is 0.600. The van der Waals surface area contributed by atoms with Gasteiger partial charge in [0.1, 0.15) is 9.34 Å². The van der Waals surface area contributed by atoms with Gasteiger partial charge < -0.3 is 10.1 Å². The molecule has 0 saturated carbocycles. The van der Waals surface area contributed by atoms with E-state index in [1.807, 2.05) is 0 Å². The average Bonchev–Trinajstić information content (AvgIpc) is 2.57. The summed E-state index contributed by atoms with van der Waals surface area (Å²) in [6, 6.07) is 0. The second kappa shape index (κ2) is 7.17. The van der Waals surface area contributed by atoms with Crippen LogP contribution >= 0.6 is 22.9 Å². The van der Waals surface area contributed by atoms with Crippen molar-refractivity contribution >= 4 is 22.9 Å². The summed E-state index contributed by atoms with van der Waals surface area (Å²) >= 11 is 7.27. The van der Waals surface area contributed by atoms with Crippen molar-refractivity contribution in [1.82, 2.24) is 10.3 Å². The molecule has 1 N–H and O–H groups in total. The third kappa shape index (κ3) is 6.10. The lowest BCUT2D eigenvalue weighted by Crippen LogP contribution is -2.20. The maximum absolute atomic E-state index is 5.76. The van der Waals surface area contributed by atoms with Gasteiger partial charge >= 0.3 is 0 Å². The number of halogens is 1. The van der Waals surface area contributed by atoms with Gasteiger partial charge in [-0.3, -0.25) is 0 Å². The fraction of sp³-hybridized carbons (Fsp3) is 0.700. The van der Waals surface area contributed by atoms with Crippen molar-refractivity contribution in [3.63, 3.8) is 0 Å². The van der Waals surface area contributed by atoms with Gasteiger partial charge in [-0.25, -0.2) is 4.98 Å². The van der Waals surface area contributed by atoms with Gasteiger partial charge in [-0.15, -0.1) is 11.3 Å². The first-order valence-electron chi connectivity index (χ1n) is 5.07. The molecule has 0 aliphatic rings. The Morgan fingerprint density at radius 3 is 3.00 bits per heavy atom. The SMILES string of the molecule is CC(C)COCCNCc1ncc(Cl)s1. The van der Waals surface area contributed by atoms with E-state index in [9.17, 15) is 0 Å². The second-order valence-corrected chi connectivity index (χ2v) is 5.45. The molecule has 1 heterocycles. The first kappa shape index (κ1) is 12.9. The Bertz CT molecular complexity index is 278. The lowest BCUT2D eigenvalue weighted by atomic mass is 10.2. The first-order chi connectivity index (χ1) is 7.18. The molecular weight excluding hydrogens is 232 g/mol. The summed E-state index contributed by atoms with van der Waals surface area (Å²) in [6.45, 7) is 7.48. The number of nitrogens with one attached hydrogen (secondary N) is 1. The Morgan fingerprint density at radius 1 is 1.60 bits per heavy atom. The Morgan fingerprint density at radius 2 is 2.40 bits per heavy atom. The number of ether oxygens (including phenoxy) is 1. The standard InChI is InChI=1S/C10H17ClN2OS/c1-8(2)7-14-4-3-12-6-10-13-5-9(11)15-10/h5,8,12H,3-4,6-7H2,1-2H3. The molecule has 0 saturated heterocycles. The zero-order chi connectivity index (χ0) is 11.1. The number of aromatic nitrogens is 1. The summed E-state index contributed by atoms with van der Waals surface area (Å²) in [4.78, 5) is 4.15. The van der Waals surface area contributed by atoms with Gasteiger partial charge in [0.25, 0.3) is 0 Å². The quantitative estimate of drug-likeness (QED) is 0.753. The molecule has 0 unspecified atom stereocenters. The van der Waals surface area contributed by atoms with Crippen LogP contribution in [0.25, 0.3) is 0 Å². The van der Waals surface area contributed by atoms with Crippen LogP contribution in [0.4, 0.5) is 0 Å². The summed E-state index contributed by atoms with van der Waals surface area (Å²) in [5, 5.41) is 4.27. The van der Waals surface area contributed by atoms with E-state index in [0.717, 1.165) is 35.6 Å². The molecule has 0 aliphatic heterocycles. The van der Waals surface area contributed by atoms with Crippen molar-refractivity contribution in [2.24, 2.45) is 5.92 Å². The molecule has 0 atom stereocenters. The van der Waals surface area contributed by atoms with Crippen LogP contribution in [-0.4, -0.2) is 24.7 Å². The van der Waals surface area contributed by atoms with Gasteiger partial charge in [-0.2, -0.15) is 0 Å². The third-order valence-electron chi connectivity index (χ3n) is 1.68. The van der Waals surface area contributed by atoms with E-state index in [1.54, 1.807) is 6.20 Å². The van der Waals surface area contributed by atoms with Crippen LogP contribution in [0, 0.1) is 5.92 Å². The van der Waals surface area contributed by atoms with E-state index in [2.05, 4.69) is 24.1 Å². The molecule has 0 spiro atoms. The van der Waals surface area contributed by atoms with Gasteiger partial charge in [0.05, 0.1) is 12.8 Å². The molecule has 0 amide bonds. The highest BCUT2D eigenvalue weighted by Crippen LogP contribution is 2.17. The highest BCUT2D eigenvalue weighted by Gasteiger charge is 1.98. The minimum absolute atomic E-state index is 0.600. The van der Waals surface area contributed by atoms with Crippen molar-refractivity contribution in [1.29, 1.82) is 0 Å². The summed E-state index contributed by atoms with van der Waals surface area (Å²) < 4.78 is 6.17. The predicted octanol–water partition coefficient (Wildman–Crippen LogP) is 2.56. The first-order valence-corrected chi connectivity index (χ1v) is 6.26. The highest BCUT2D eigenvalue weighted by molar-refractivity contribution is 7.15. The number of thiazole rings is 1. The fourth-order valence-corrected chi connectivity index (χ4v) is 1.95. The van der Waals surface area contributed by atoms with E-state index >= 15 is 0 Å². The Labute approximate surface area is 99.8 Å². The monoisotopic (exact) mass is 248 g/mol. The second-order valence-electron chi connectivity index (χ2n) is 3.70. The molecule has 1 rings (SSSR count). The number of rotatable bonds is 7. The van der Waals surface area contributed by atoms with Crippen molar-refractivity contribution in [2.75, 3.05) is 19.8 Å². The predicted molar refractivity (Wildman–Crippen MR) is 64.5 cm³/mol. The van der Waals surface area contributed by atoms with Gasteiger partial charge in [0.2, 0.25) is 0 Å². The van der Waals surface area contributed by atoms with Crippen LogP contribution in [0.1, 0.15) is 18.9 Å². The van der Waals surface area contributed by atoms with Crippen molar-refractivity contribution in [2.45, 2.75) is 20.4 Å². The molecule has 0 fully saturated rings. The number of nitrogens with zero attached hydrogens (tertiary/aromatic N) is 1. The van der Waals surface area contributed by atoms with Crippen molar-refractivity contribution in [3.8, 4) is 0 Å². The fourth-order valence-electron chi connectivity index (χ4n) is 1.03. The van der Waals surface area contributed by atoms with Gasteiger partial charge in [0.15, 0.2) is 0 Å². The van der Waals surface area contributed by atoms with Gasteiger partial charge in [0, 0.05) is 19.7 Å². The average molecular weight is 249 g/mol. The van der Waals surface area contributed by atoms with E-state index in [-0.39, 0.29) is 0 Å². The van der Waals surface area contributed by atoms with Crippen LogP contribution in [0.3, 0.4) is 0 Å². The largest absolute Gasteiger partial charge is 0.380 e. The van der Waals surface area contributed by atoms with E-state index in [0.29, 0.717) is 5.92 Å². The van der Waals surface area contributed by atoms with Gasteiger partial charge in [-0.05, 0) is 5.92 Å². The molecular formula is C10H17ClN2OS. The number of hydrogen-bond acceptors (Lipinski definition) is 4. The van der Waals surface area contributed by atoms with Crippen molar-refractivity contribution in [3.05, 3.63) is 15.5 Å². The molecule has 0 aliphatic carbocycles. The summed E-state index contributed by atoms with van der Waals surface area (Å²) in [6.07, 6.45) is 1.68. The van der Waals surface area contributed by atoms with Gasteiger partial charge in [-0.1, -0.05) is 25.4 Å². The third-order valence-corrected chi connectivity index (χ3v) is 2.79. The van der Waals surface area contributed by atoms with Crippen LogP contribution < -0.4 is 5.32 Å². The van der Waals surface area contributed by atoms with Crippen LogP contribution in [-0.2, 0) is 11.3 Å². The lowest BCUT2D eigenvalue weighted by Gasteiger charge is -2.06. The molecule has 3 nitrogen and oxygen atoms in total. The highest BCUT2D eigenvalue weighted by atomic mass is 35.5. The van der Waals surface area contributed by atoms with E-state index in [4.69, 9.17) is 16.3 Å². The van der Waals surface area contributed by atoms with E-state index < -0.39 is 0 Å². The molecule has 0 aromatic carbocycles. The summed E-state index contributed by atoms with van der Waals surface area (Å²) in [7, 11) is 0. The Balaban J connectivity index is 1.98. The van der Waals surface area contributed by atoms with E-state index in [1.165, 1.54) is 11.3 Å². The molecule has 0 bridgehead atoms. The minimum Gasteiger partial charge on any atom is -0.380 e. The molecule has 5 heteroatoms. The molecule has 15 heavy (non-hydrogen) atoms. The van der Waals surface area contributed by atoms with Crippen LogP contribution in [0.2, 0.25) is 4.34 Å². The lowest BCUT2D eigenvalue weighted by molar-refractivity contribution is 0.111. The zero-order valence-electron chi connectivity index (χ0n) is 9.12. The maximum atomic E-state index is 5.76. The van der Waals surface area contributed by atoms with Crippen LogP contribution in [0.5, 0.6) is 0 Å². The maximum Gasteiger partial charge on any atom is 0.113 e. The molecule has 86 valence electrons. The topological polar surface area (TPSA) is 34.1 Å². The normalized spacial score (nSPS) is 11.2. The Kier molecular flexibility index (Phi) is 6.17. The Hall–Kier alpha value is -0.160. The summed E-state index contributed by atoms with van der Waals surface area (Å²) in [5.41, 5.74) is 0. The zero-order valence-corrected chi connectivity index (χ0v) is 10.7. The molecule has 1 aromatic heterocycles. The van der Waals surface area contributed by atoms with Crippen molar-refractivity contribution < 1.29 is 4.74 Å². The van der Waals surface area contributed by atoms with Crippen LogP contribution in [0.15, 0.2) is 6.20 Å².